The van der Waals surface area contributed by atoms with Crippen LogP contribution in [0.1, 0.15) is 36.6 Å². The van der Waals surface area contributed by atoms with Crippen molar-refractivity contribution >= 4 is 40.8 Å². The molecule has 4 aromatic rings. The van der Waals surface area contributed by atoms with E-state index in [4.69, 9.17) is 16.9 Å². The van der Waals surface area contributed by atoms with Crippen LogP contribution in [0.2, 0.25) is 0 Å². The molecule has 0 radical (unpaired) electrons. The quantitative estimate of drug-likeness (QED) is 0.0737. The number of nitrogens with one attached hydrogen (secondary N) is 4. The topological polar surface area (TPSA) is 267 Å². The number of pyridine rings is 2. The van der Waals surface area contributed by atoms with Crippen molar-refractivity contribution in [3.8, 4) is 22.9 Å². The average molecular weight is 577 g/mol. The number of amides is 2. The number of aromatic nitrogens is 2. The molecule has 0 unspecified atom stereocenters. The molecule has 0 aliphatic carbocycles. The number of benzene rings is 2. The Balaban J connectivity index is 1.55. The molecule has 0 fully saturated rings. The number of carboxylic acid groups (broad SMARTS) is 1. The lowest BCUT2D eigenvalue weighted by atomic mass is 10.1. The Morgan fingerprint density at radius 1 is 0.738 bits per heavy atom. The van der Waals surface area contributed by atoms with Crippen molar-refractivity contribution in [1.82, 2.24) is 9.97 Å². The van der Waals surface area contributed by atoms with E-state index in [2.05, 4.69) is 36.3 Å². The van der Waals surface area contributed by atoms with Crippen LogP contribution in [0.5, 0.6) is 11.5 Å². The van der Waals surface area contributed by atoms with Gasteiger partial charge in [-0.3, -0.25) is 14.8 Å². The van der Waals surface area contributed by atoms with Crippen molar-refractivity contribution in [2.24, 2.45) is 11.7 Å². The fraction of sp³-hybridized carbons (Fsp3) is 0.0385. The molecule has 0 spiro atoms. The number of aromatic carboxylic acids is 1. The van der Waals surface area contributed by atoms with Gasteiger partial charge >= 0.3 is 5.97 Å². The first-order valence-electron chi connectivity index (χ1n) is 11.9. The van der Waals surface area contributed by atoms with E-state index in [-0.39, 0.29) is 52.1 Å². The minimum Gasteiger partial charge on any atom is -0.508 e. The maximum atomic E-state index is 12.8. The Morgan fingerprint density at radius 2 is 1.24 bits per heavy atom. The molecule has 0 atom stereocenters. The van der Waals surface area contributed by atoms with Gasteiger partial charge in [-0.1, -0.05) is 0 Å². The first-order valence-corrected chi connectivity index (χ1v) is 11.9. The van der Waals surface area contributed by atoms with Gasteiger partial charge in [0.25, 0.3) is 11.8 Å². The lowest BCUT2D eigenvalue weighted by molar-refractivity contribution is -0.253. The zero-order chi connectivity index (χ0) is 30.4. The van der Waals surface area contributed by atoms with Crippen molar-refractivity contribution in [3.05, 3.63) is 82.9 Å². The Hall–Kier alpha value is -5.81. The molecule has 12 N–H and O–H groups in total. The molecule has 16 nitrogen and oxygen atoms in total. The van der Waals surface area contributed by atoms with E-state index in [0.717, 1.165) is 12.1 Å². The van der Waals surface area contributed by atoms with Gasteiger partial charge in [0.15, 0.2) is 11.6 Å². The molecular formula is C26H24N8O8. The van der Waals surface area contributed by atoms with Gasteiger partial charge in [-0.25, -0.2) is 31.3 Å². The number of carboxylic acids is 1. The van der Waals surface area contributed by atoms with E-state index in [1.165, 1.54) is 42.5 Å². The predicted molar refractivity (Wildman–Crippen MR) is 150 cm³/mol. The summed E-state index contributed by atoms with van der Waals surface area (Å²) in [7, 11) is 0. The summed E-state index contributed by atoms with van der Waals surface area (Å²) >= 11 is 0. The summed E-state index contributed by atoms with van der Waals surface area (Å²) in [5.74, 6) is 8.10. The highest BCUT2D eigenvalue weighted by atomic mass is 17.1. The molecule has 4 rings (SSSR count). The van der Waals surface area contributed by atoms with Gasteiger partial charge in [0.2, 0.25) is 0 Å². The Morgan fingerprint density at radius 3 is 1.71 bits per heavy atom. The van der Waals surface area contributed by atoms with Crippen LogP contribution in [0.25, 0.3) is 11.4 Å². The van der Waals surface area contributed by atoms with Gasteiger partial charge in [-0.05, 0) is 60.7 Å². The SMILES string of the molecule is NNc1nc(-c2ccc(NC(=O)c3ccc(O)c(C(=O)O)c3)c(NN)n2)ccc1NC(=O)c1ccc(O)c(COO)c1. The third-order valence-electron chi connectivity index (χ3n) is 5.87. The van der Waals surface area contributed by atoms with Crippen LogP contribution < -0.4 is 33.2 Å². The monoisotopic (exact) mass is 576 g/mol. The maximum absolute atomic E-state index is 12.8. The zero-order valence-electron chi connectivity index (χ0n) is 21.5. The first kappa shape index (κ1) is 29.2. The smallest absolute Gasteiger partial charge is 0.339 e. The van der Waals surface area contributed by atoms with Crippen LogP contribution in [-0.4, -0.2) is 48.3 Å². The molecule has 2 amide bonds. The standard InChI is InChI=1S/C26H24N8O8/c27-33-22-18(31-24(37)12-1-7-20(35)14(9-12)11-42-41)5-3-16(29-22)17-4-6-19(23(30-17)34-28)32-25(38)13-2-8-21(36)15(10-13)26(39)40/h1-10,35-36,41H,11,27-28H2,(H,29,33)(H,30,34)(H,31,37)(H,32,38)(H,39,40). The number of nitrogens with zero attached hydrogens (tertiary/aromatic N) is 2. The minimum absolute atomic E-state index is 0.0273. The van der Waals surface area contributed by atoms with E-state index >= 15 is 0 Å². The zero-order valence-corrected chi connectivity index (χ0v) is 21.5. The molecule has 0 aliphatic rings. The number of carbonyl (C=O) groups is 3. The number of hydrogen-bond acceptors (Lipinski definition) is 13. The summed E-state index contributed by atoms with van der Waals surface area (Å²) in [5, 5.41) is 42.6. The summed E-state index contributed by atoms with van der Waals surface area (Å²) in [5.41, 5.74) is 5.67. The number of nitrogens with two attached hydrogens (primary N) is 2. The van der Waals surface area contributed by atoms with E-state index in [9.17, 15) is 29.7 Å². The molecule has 2 aromatic heterocycles. The number of phenolic OH excluding ortho intramolecular Hbond substituents is 1. The van der Waals surface area contributed by atoms with E-state index < -0.39 is 29.1 Å². The number of nitrogen functional groups attached to an aromatic ring is 2. The molecular weight excluding hydrogens is 552 g/mol. The second-order valence-electron chi connectivity index (χ2n) is 8.54. The van der Waals surface area contributed by atoms with Crippen molar-refractivity contribution in [1.29, 1.82) is 0 Å². The summed E-state index contributed by atoms with van der Waals surface area (Å²) in [6, 6.07) is 13.5. The maximum Gasteiger partial charge on any atom is 0.339 e. The third kappa shape index (κ3) is 6.32. The van der Waals surface area contributed by atoms with E-state index in [1.54, 1.807) is 6.07 Å². The predicted octanol–water partition coefficient (Wildman–Crippen LogP) is 2.32. The second kappa shape index (κ2) is 12.6. The van der Waals surface area contributed by atoms with Gasteiger partial charge < -0.3 is 36.8 Å². The molecule has 0 aliphatic heterocycles. The highest BCUT2D eigenvalue weighted by Crippen LogP contribution is 2.29. The Labute approximate surface area is 236 Å². The van der Waals surface area contributed by atoms with Gasteiger partial charge in [-0.2, -0.15) is 0 Å². The molecule has 2 heterocycles. The number of hydrazine groups is 2. The van der Waals surface area contributed by atoms with Gasteiger partial charge in [0.05, 0.1) is 22.8 Å². The summed E-state index contributed by atoms with van der Waals surface area (Å²) < 4.78 is 0. The molecule has 42 heavy (non-hydrogen) atoms. The Bertz CT molecular complexity index is 1680. The average Bonchev–Trinajstić information content (AvgIpc) is 2.98. The third-order valence-corrected chi connectivity index (χ3v) is 5.87. The minimum atomic E-state index is -1.40. The van der Waals surface area contributed by atoms with Crippen LogP contribution in [0.3, 0.4) is 0 Å². The molecule has 16 heteroatoms. The summed E-state index contributed by atoms with van der Waals surface area (Å²) in [6.45, 7) is -0.323. The van der Waals surface area contributed by atoms with Gasteiger partial charge in [0.1, 0.15) is 23.7 Å². The number of phenols is 2. The van der Waals surface area contributed by atoms with Gasteiger partial charge in [0, 0.05) is 16.7 Å². The number of carbonyl (C=O) groups excluding carboxylic acids is 2. The van der Waals surface area contributed by atoms with Crippen molar-refractivity contribution < 1.29 is 39.8 Å². The lowest BCUT2D eigenvalue weighted by Gasteiger charge is -2.14. The van der Waals surface area contributed by atoms with Gasteiger partial charge in [-0.15, -0.1) is 0 Å². The van der Waals surface area contributed by atoms with Crippen LogP contribution in [0.15, 0.2) is 60.7 Å². The molecule has 0 bridgehead atoms. The van der Waals surface area contributed by atoms with E-state index in [0.29, 0.717) is 11.4 Å². The number of anilines is 4. The first-order chi connectivity index (χ1) is 20.1. The number of aromatic hydroxyl groups is 2. The number of hydrogen-bond donors (Lipinski definition) is 10. The second-order valence-corrected chi connectivity index (χ2v) is 8.54. The van der Waals surface area contributed by atoms with Crippen molar-refractivity contribution in [2.75, 3.05) is 21.5 Å². The van der Waals surface area contributed by atoms with Crippen molar-refractivity contribution in [2.45, 2.75) is 6.61 Å². The van der Waals surface area contributed by atoms with Crippen LogP contribution in [-0.2, 0) is 11.5 Å². The van der Waals surface area contributed by atoms with E-state index in [1.807, 2.05) is 0 Å². The summed E-state index contributed by atoms with van der Waals surface area (Å²) in [6.07, 6.45) is 0. The lowest BCUT2D eigenvalue weighted by Crippen LogP contribution is -2.18. The van der Waals surface area contributed by atoms with Crippen LogP contribution in [0.4, 0.5) is 23.0 Å². The van der Waals surface area contributed by atoms with Crippen LogP contribution >= 0.6 is 0 Å². The Kier molecular flexibility index (Phi) is 8.74. The number of rotatable bonds is 10. The fourth-order valence-electron chi connectivity index (χ4n) is 3.77. The molecule has 216 valence electrons. The highest BCUT2D eigenvalue weighted by molar-refractivity contribution is 6.07. The van der Waals surface area contributed by atoms with Crippen LogP contribution in [0, 0.1) is 0 Å². The van der Waals surface area contributed by atoms with Crippen molar-refractivity contribution in [3.63, 3.8) is 0 Å². The largest absolute Gasteiger partial charge is 0.508 e. The fourth-order valence-corrected chi connectivity index (χ4v) is 3.77. The molecule has 2 aromatic carbocycles. The summed E-state index contributed by atoms with van der Waals surface area (Å²) in [4.78, 5) is 49.5. The molecule has 0 saturated carbocycles. The highest BCUT2D eigenvalue weighted by Gasteiger charge is 2.18. The normalized spacial score (nSPS) is 10.5. The molecule has 0 saturated heterocycles.